The third kappa shape index (κ3) is 4.04. The normalized spacial score (nSPS) is 20.0. The van der Waals surface area contributed by atoms with Crippen molar-refractivity contribution in [1.82, 2.24) is 5.32 Å². The van der Waals surface area contributed by atoms with Crippen LogP contribution in [0.2, 0.25) is 0 Å². The van der Waals surface area contributed by atoms with Gasteiger partial charge in [0, 0.05) is 6.04 Å². The van der Waals surface area contributed by atoms with Crippen LogP contribution in [0.5, 0.6) is 0 Å². The molecule has 1 rings (SSSR count). The average Bonchev–Trinajstić information content (AvgIpc) is 2.81. The van der Waals surface area contributed by atoms with Crippen LogP contribution in [0.1, 0.15) is 26.7 Å². The summed E-state index contributed by atoms with van der Waals surface area (Å²) in [6, 6.07) is 0.762. The molecule has 3 nitrogen and oxygen atoms in total. The van der Waals surface area contributed by atoms with Crippen LogP contribution >= 0.6 is 0 Å². The van der Waals surface area contributed by atoms with E-state index < -0.39 is 0 Å². The lowest BCUT2D eigenvalue weighted by atomic mass is 10.3. The first-order valence-electron chi connectivity index (χ1n) is 4.71. The topological polar surface area (TPSA) is 41.5 Å². The van der Waals surface area contributed by atoms with Gasteiger partial charge in [-0.2, -0.15) is 0 Å². The van der Waals surface area contributed by atoms with Gasteiger partial charge in [0.05, 0.1) is 25.4 Å². The second kappa shape index (κ2) is 4.80. The first-order valence-corrected chi connectivity index (χ1v) is 4.71. The van der Waals surface area contributed by atoms with Crippen molar-refractivity contribution in [1.29, 1.82) is 0 Å². The van der Waals surface area contributed by atoms with Crippen LogP contribution in [0.3, 0.4) is 0 Å². The molecule has 0 aromatic carbocycles. The molecule has 0 heterocycles. The maximum atomic E-state index is 8.97. The van der Waals surface area contributed by atoms with Crippen LogP contribution in [0, 0.1) is 0 Å². The van der Waals surface area contributed by atoms with Crippen molar-refractivity contribution in [3.63, 3.8) is 0 Å². The number of hydrogen-bond donors (Lipinski definition) is 2. The molecule has 12 heavy (non-hydrogen) atoms. The van der Waals surface area contributed by atoms with Crippen LogP contribution in [0.4, 0.5) is 0 Å². The van der Waals surface area contributed by atoms with Crippen molar-refractivity contribution in [2.45, 2.75) is 44.9 Å². The molecule has 3 heteroatoms. The van der Waals surface area contributed by atoms with E-state index in [9.17, 15) is 0 Å². The van der Waals surface area contributed by atoms with Gasteiger partial charge in [-0.25, -0.2) is 0 Å². The first-order chi connectivity index (χ1) is 5.72. The van der Waals surface area contributed by atoms with E-state index in [0.29, 0.717) is 12.6 Å². The van der Waals surface area contributed by atoms with Gasteiger partial charge in [0.25, 0.3) is 0 Å². The van der Waals surface area contributed by atoms with Gasteiger partial charge in [0.2, 0.25) is 0 Å². The summed E-state index contributed by atoms with van der Waals surface area (Å²) in [7, 11) is 0. The molecule has 0 amide bonds. The minimum Gasteiger partial charge on any atom is -0.395 e. The van der Waals surface area contributed by atoms with Crippen LogP contribution in [-0.4, -0.2) is 36.5 Å². The lowest BCUT2D eigenvalue weighted by molar-refractivity contribution is 0.0467. The summed E-state index contributed by atoms with van der Waals surface area (Å²) >= 11 is 0. The van der Waals surface area contributed by atoms with Crippen molar-refractivity contribution in [3.8, 4) is 0 Å². The van der Waals surface area contributed by atoms with E-state index in [-0.39, 0.29) is 18.8 Å². The summed E-state index contributed by atoms with van der Waals surface area (Å²) in [5.41, 5.74) is 0. The lowest BCUT2D eigenvalue weighted by Gasteiger charge is -2.17. The fraction of sp³-hybridized carbons (Fsp3) is 1.00. The average molecular weight is 173 g/mol. The van der Waals surface area contributed by atoms with E-state index in [0.717, 1.165) is 0 Å². The minimum atomic E-state index is 0.125. The maximum Gasteiger partial charge on any atom is 0.0645 e. The number of aliphatic hydroxyl groups is 1. The van der Waals surface area contributed by atoms with Gasteiger partial charge in [-0.15, -0.1) is 0 Å². The Morgan fingerprint density at radius 1 is 1.50 bits per heavy atom. The quantitative estimate of drug-likeness (QED) is 0.615. The van der Waals surface area contributed by atoms with E-state index >= 15 is 0 Å². The molecule has 0 spiro atoms. The Bertz CT molecular complexity index is 124. The Hall–Kier alpha value is -0.120. The van der Waals surface area contributed by atoms with Gasteiger partial charge < -0.3 is 15.2 Å². The van der Waals surface area contributed by atoms with Crippen molar-refractivity contribution < 1.29 is 9.84 Å². The second-order valence-corrected chi connectivity index (χ2v) is 3.70. The summed E-state index contributed by atoms with van der Waals surface area (Å²) in [5, 5.41) is 12.3. The SMILES string of the molecule is CC(C)OCC(CO)NC1CC1. The van der Waals surface area contributed by atoms with E-state index in [1.54, 1.807) is 0 Å². The smallest absolute Gasteiger partial charge is 0.0645 e. The van der Waals surface area contributed by atoms with Gasteiger partial charge in [0.15, 0.2) is 0 Å². The Balaban J connectivity index is 2.06. The van der Waals surface area contributed by atoms with E-state index in [1.807, 2.05) is 13.8 Å². The fourth-order valence-electron chi connectivity index (χ4n) is 1.05. The van der Waals surface area contributed by atoms with E-state index in [4.69, 9.17) is 9.84 Å². The highest BCUT2D eigenvalue weighted by Crippen LogP contribution is 2.19. The zero-order chi connectivity index (χ0) is 8.97. The van der Waals surface area contributed by atoms with Gasteiger partial charge in [-0.05, 0) is 26.7 Å². The van der Waals surface area contributed by atoms with Crippen molar-refractivity contribution in [3.05, 3.63) is 0 Å². The standard InChI is InChI=1S/C9H19NO2/c1-7(2)12-6-9(5-11)10-8-3-4-8/h7-11H,3-6H2,1-2H3. The number of rotatable bonds is 6. The molecule has 2 N–H and O–H groups in total. The summed E-state index contributed by atoms with van der Waals surface area (Å²) in [6.45, 7) is 4.80. The summed E-state index contributed by atoms with van der Waals surface area (Å²) in [6.07, 6.45) is 2.75. The van der Waals surface area contributed by atoms with Gasteiger partial charge in [-0.1, -0.05) is 0 Å². The molecule has 1 atom stereocenters. The number of aliphatic hydroxyl groups excluding tert-OH is 1. The van der Waals surface area contributed by atoms with Crippen LogP contribution in [0.15, 0.2) is 0 Å². The van der Waals surface area contributed by atoms with Crippen molar-refractivity contribution >= 4 is 0 Å². The van der Waals surface area contributed by atoms with Gasteiger partial charge >= 0.3 is 0 Å². The zero-order valence-electron chi connectivity index (χ0n) is 7.92. The second-order valence-electron chi connectivity index (χ2n) is 3.70. The van der Waals surface area contributed by atoms with Crippen molar-refractivity contribution in [2.24, 2.45) is 0 Å². The number of ether oxygens (including phenoxy) is 1. The van der Waals surface area contributed by atoms with Crippen LogP contribution in [-0.2, 0) is 4.74 Å². The van der Waals surface area contributed by atoms with Crippen LogP contribution < -0.4 is 5.32 Å². The molecule has 1 aliphatic carbocycles. The highest BCUT2D eigenvalue weighted by molar-refractivity contribution is 4.84. The zero-order valence-corrected chi connectivity index (χ0v) is 7.92. The molecular weight excluding hydrogens is 154 g/mol. The molecule has 0 aromatic rings. The first kappa shape index (κ1) is 9.96. The van der Waals surface area contributed by atoms with E-state index in [2.05, 4.69) is 5.32 Å². The third-order valence-electron chi connectivity index (χ3n) is 1.90. The number of hydrogen-bond acceptors (Lipinski definition) is 3. The predicted molar refractivity (Wildman–Crippen MR) is 48.1 cm³/mol. The third-order valence-corrected chi connectivity index (χ3v) is 1.90. The Morgan fingerprint density at radius 3 is 2.58 bits per heavy atom. The molecule has 1 aliphatic rings. The summed E-state index contributed by atoms with van der Waals surface area (Å²) in [4.78, 5) is 0. The monoisotopic (exact) mass is 173 g/mol. The summed E-state index contributed by atoms with van der Waals surface area (Å²) in [5.74, 6) is 0. The molecule has 0 aromatic heterocycles. The fourth-order valence-corrected chi connectivity index (χ4v) is 1.05. The minimum absolute atomic E-state index is 0.125. The predicted octanol–water partition coefficient (Wildman–Crippen LogP) is 0.524. The molecule has 1 unspecified atom stereocenters. The highest BCUT2D eigenvalue weighted by atomic mass is 16.5. The Morgan fingerprint density at radius 2 is 2.17 bits per heavy atom. The Labute approximate surface area is 74.1 Å². The highest BCUT2D eigenvalue weighted by Gasteiger charge is 2.24. The van der Waals surface area contributed by atoms with Crippen LogP contribution in [0.25, 0.3) is 0 Å². The molecule has 1 fully saturated rings. The lowest BCUT2D eigenvalue weighted by Crippen LogP contribution is -2.38. The molecule has 0 saturated heterocycles. The van der Waals surface area contributed by atoms with E-state index in [1.165, 1.54) is 12.8 Å². The molecule has 0 aliphatic heterocycles. The molecular formula is C9H19NO2. The molecule has 0 radical (unpaired) electrons. The molecule has 1 saturated carbocycles. The summed E-state index contributed by atoms with van der Waals surface area (Å²) < 4.78 is 5.40. The largest absolute Gasteiger partial charge is 0.395 e. The van der Waals surface area contributed by atoms with Crippen molar-refractivity contribution in [2.75, 3.05) is 13.2 Å². The Kier molecular flexibility index (Phi) is 3.98. The van der Waals surface area contributed by atoms with Gasteiger partial charge in [0.1, 0.15) is 0 Å². The number of nitrogens with one attached hydrogen (secondary N) is 1. The molecule has 0 bridgehead atoms. The van der Waals surface area contributed by atoms with Gasteiger partial charge in [-0.3, -0.25) is 0 Å². The maximum absolute atomic E-state index is 8.97. The molecule has 72 valence electrons.